The van der Waals surface area contributed by atoms with E-state index in [1.54, 1.807) is 42.5 Å². The van der Waals surface area contributed by atoms with Gasteiger partial charge in [0.1, 0.15) is 10.7 Å². The molecule has 2 aliphatic heterocycles. The predicted molar refractivity (Wildman–Crippen MR) is 151 cm³/mol. The molecule has 0 bridgehead atoms. The van der Waals surface area contributed by atoms with E-state index in [0.29, 0.717) is 31.7 Å². The van der Waals surface area contributed by atoms with Crippen LogP contribution in [0.15, 0.2) is 105 Å². The lowest BCUT2D eigenvalue weighted by molar-refractivity contribution is -0.118. The SMILES string of the molecule is NC1=C(S(=O)(=O)c2ccc(Cl)cc2)C2(C(=O)Nc3ccc(Br)cc32)C2=C(O1)c1cccc3cccc(c13)C2=O. The normalized spacial score (nSPS) is 19.7. The van der Waals surface area contributed by atoms with Crippen molar-refractivity contribution in [1.82, 2.24) is 0 Å². The highest BCUT2D eigenvalue weighted by atomic mass is 79.9. The molecule has 0 radical (unpaired) electrons. The van der Waals surface area contributed by atoms with Crippen LogP contribution in [-0.4, -0.2) is 20.1 Å². The Morgan fingerprint density at radius 3 is 2.33 bits per heavy atom. The van der Waals surface area contributed by atoms with Crippen LogP contribution in [0, 0.1) is 0 Å². The first-order valence-corrected chi connectivity index (χ1v) is 14.4. The summed E-state index contributed by atoms with van der Waals surface area (Å²) in [5.41, 5.74) is 5.74. The summed E-state index contributed by atoms with van der Waals surface area (Å²) in [6, 6.07) is 21.2. The standard InChI is InChI=1S/C29H16BrClN2O5S/c30-15-7-12-21-20(13-15)29(28(35)33-21)23-24(34)18-5-1-3-14-4-2-6-19(22(14)18)25(23)38-27(32)26(29)39(36,37)17-10-8-16(31)9-11-17/h1-13H,32H2,(H,33,35). The van der Waals surface area contributed by atoms with E-state index in [1.807, 2.05) is 12.1 Å². The van der Waals surface area contributed by atoms with Gasteiger partial charge in [0, 0.05) is 37.3 Å². The van der Waals surface area contributed by atoms with Crippen LogP contribution in [0.2, 0.25) is 5.02 Å². The second kappa shape index (κ2) is 8.05. The molecule has 0 saturated heterocycles. The van der Waals surface area contributed by atoms with E-state index in [9.17, 15) is 18.0 Å². The van der Waals surface area contributed by atoms with Crippen LogP contribution in [0.4, 0.5) is 5.69 Å². The van der Waals surface area contributed by atoms with Gasteiger partial charge in [-0.15, -0.1) is 0 Å². The average molecular weight is 620 g/mol. The predicted octanol–water partition coefficient (Wildman–Crippen LogP) is 5.69. The van der Waals surface area contributed by atoms with E-state index in [0.717, 1.165) is 5.39 Å². The number of rotatable bonds is 2. The molecule has 7 nitrogen and oxygen atoms in total. The van der Waals surface area contributed by atoms with Gasteiger partial charge in [0.05, 0.1) is 10.5 Å². The second-order valence-electron chi connectivity index (χ2n) is 9.39. The Bertz CT molecular complexity index is 1990. The summed E-state index contributed by atoms with van der Waals surface area (Å²) in [5, 5.41) is 4.56. The van der Waals surface area contributed by atoms with Gasteiger partial charge in [-0.1, -0.05) is 63.9 Å². The number of Topliss-reactive ketones (excluding diaryl/α,β-unsaturated/α-hetero) is 1. The molecule has 1 unspecified atom stereocenters. The largest absolute Gasteiger partial charge is 0.439 e. The van der Waals surface area contributed by atoms with Gasteiger partial charge < -0.3 is 15.8 Å². The van der Waals surface area contributed by atoms with Gasteiger partial charge in [0.25, 0.3) is 0 Å². The van der Waals surface area contributed by atoms with E-state index in [-0.39, 0.29) is 21.8 Å². The Labute approximate surface area is 236 Å². The molecule has 4 aromatic rings. The van der Waals surface area contributed by atoms with E-state index < -0.39 is 37.7 Å². The summed E-state index contributed by atoms with van der Waals surface area (Å²) in [4.78, 5) is 27.9. The number of hydrogen-bond donors (Lipinski definition) is 2. The van der Waals surface area contributed by atoms with Gasteiger partial charge in [0.2, 0.25) is 21.6 Å². The third-order valence-electron chi connectivity index (χ3n) is 7.37. The smallest absolute Gasteiger partial charge is 0.245 e. The highest BCUT2D eigenvalue weighted by Crippen LogP contribution is 2.58. The molecule has 0 aromatic heterocycles. The number of nitrogens with one attached hydrogen (secondary N) is 1. The van der Waals surface area contributed by atoms with Crippen LogP contribution in [0.25, 0.3) is 16.5 Å². The lowest BCUT2D eigenvalue weighted by atomic mass is 9.67. The second-order valence-corrected chi connectivity index (χ2v) is 12.6. The average Bonchev–Trinajstić information content (AvgIpc) is 3.18. The zero-order valence-corrected chi connectivity index (χ0v) is 22.9. The summed E-state index contributed by atoms with van der Waals surface area (Å²) < 4.78 is 35.3. The van der Waals surface area contributed by atoms with Gasteiger partial charge in [0.15, 0.2) is 11.2 Å². The summed E-state index contributed by atoms with van der Waals surface area (Å²) in [5.74, 6) is -1.67. The van der Waals surface area contributed by atoms with Crippen molar-refractivity contribution < 1.29 is 22.7 Å². The Morgan fingerprint density at radius 1 is 0.923 bits per heavy atom. The molecule has 0 fully saturated rings. The number of ether oxygens (including phenoxy) is 1. The molecule has 10 heteroatoms. The number of anilines is 1. The van der Waals surface area contributed by atoms with E-state index in [4.69, 9.17) is 22.1 Å². The fourth-order valence-corrected chi connectivity index (χ4v) is 8.04. The number of carbonyl (C=O) groups is 2. The zero-order chi connectivity index (χ0) is 27.3. The molecule has 1 amide bonds. The minimum absolute atomic E-state index is 0.0554. The molecule has 1 atom stereocenters. The molecule has 2 heterocycles. The molecule has 3 N–H and O–H groups in total. The number of amides is 1. The van der Waals surface area contributed by atoms with Crippen molar-refractivity contribution in [2.24, 2.45) is 5.73 Å². The molecule has 192 valence electrons. The van der Waals surface area contributed by atoms with Gasteiger partial charge in [-0.2, -0.15) is 0 Å². The summed E-state index contributed by atoms with van der Waals surface area (Å²) in [7, 11) is -4.50. The van der Waals surface area contributed by atoms with Crippen molar-refractivity contribution in [2.45, 2.75) is 10.3 Å². The van der Waals surface area contributed by atoms with Crippen LogP contribution in [0.3, 0.4) is 0 Å². The third kappa shape index (κ3) is 3.06. The van der Waals surface area contributed by atoms with E-state index in [2.05, 4.69) is 21.2 Å². The number of benzene rings is 4. The van der Waals surface area contributed by atoms with Gasteiger partial charge in [-0.05, 0) is 47.9 Å². The van der Waals surface area contributed by atoms with Crippen molar-refractivity contribution in [1.29, 1.82) is 0 Å². The molecule has 1 spiro atoms. The maximum absolute atomic E-state index is 14.4. The van der Waals surface area contributed by atoms with Crippen LogP contribution < -0.4 is 11.1 Å². The van der Waals surface area contributed by atoms with Crippen molar-refractivity contribution in [3.8, 4) is 0 Å². The summed E-state index contributed by atoms with van der Waals surface area (Å²) in [6.07, 6.45) is 0. The highest BCUT2D eigenvalue weighted by Gasteiger charge is 2.63. The first-order valence-electron chi connectivity index (χ1n) is 11.8. The number of ketones is 1. The minimum atomic E-state index is -4.50. The number of halogens is 2. The fourth-order valence-electron chi connectivity index (χ4n) is 5.81. The molecular weight excluding hydrogens is 604 g/mol. The molecule has 7 rings (SSSR count). The van der Waals surface area contributed by atoms with Crippen LogP contribution in [-0.2, 0) is 24.8 Å². The number of sulfone groups is 1. The molecule has 3 aliphatic rings. The van der Waals surface area contributed by atoms with E-state index >= 15 is 0 Å². The molecular formula is C29H16BrClN2O5S. The van der Waals surface area contributed by atoms with Crippen LogP contribution in [0.5, 0.6) is 0 Å². The number of hydrogen-bond acceptors (Lipinski definition) is 6. The Hall–Kier alpha value is -3.92. The summed E-state index contributed by atoms with van der Waals surface area (Å²) in [6.45, 7) is 0. The zero-order valence-electron chi connectivity index (χ0n) is 19.8. The van der Waals surface area contributed by atoms with Crippen molar-refractivity contribution in [2.75, 3.05) is 5.32 Å². The maximum Gasteiger partial charge on any atom is 0.245 e. The molecule has 1 aliphatic carbocycles. The first kappa shape index (κ1) is 24.1. The number of carbonyl (C=O) groups excluding carboxylic acids is 2. The lowest BCUT2D eigenvalue weighted by Gasteiger charge is -2.39. The number of nitrogens with two attached hydrogens (primary N) is 1. The lowest BCUT2D eigenvalue weighted by Crippen LogP contribution is -2.48. The molecule has 0 saturated carbocycles. The van der Waals surface area contributed by atoms with Crippen molar-refractivity contribution in [3.63, 3.8) is 0 Å². The minimum Gasteiger partial charge on any atom is -0.439 e. The Morgan fingerprint density at radius 2 is 1.62 bits per heavy atom. The molecule has 39 heavy (non-hydrogen) atoms. The first-order chi connectivity index (χ1) is 18.7. The van der Waals surface area contributed by atoms with Gasteiger partial charge in [-0.25, -0.2) is 8.42 Å². The monoisotopic (exact) mass is 618 g/mol. The van der Waals surface area contributed by atoms with Crippen LogP contribution in [0.1, 0.15) is 21.5 Å². The fraction of sp³-hybridized carbons (Fsp3) is 0.0345. The third-order valence-corrected chi connectivity index (χ3v) is 10.0. The molecule has 4 aromatic carbocycles. The summed E-state index contributed by atoms with van der Waals surface area (Å²) >= 11 is 9.47. The van der Waals surface area contributed by atoms with E-state index in [1.165, 1.54) is 24.3 Å². The van der Waals surface area contributed by atoms with Gasteiger partial charge >= 0.3 is 0 Å². The Balaban J connectivity index is 1.64. The van der Waals surface area contributed by atoms with Crippen molar-refractivity contribution >= 4 is 71.3 Å². The van der Waals surface area contributed by atoms with Gasteiger partial charge in [-0.3, -0.25) is 9.59 Å². The quantitative estimate of drug-likeness (QED) is 0.298. The van der Waals surface area contributed by atoms with Crippen molar-refractivity contribution in [3.05, 3.63) is 121 Å². The highest BCUT2D eigenvalue weighted by molar-refractivity contribution is 9.10. The maximum atomic E-state index is 14.4. The topological polar surface area (TPSA) is 116 Å². The van der Waals surface area contributed by atoms with Crippen LogP contribution >= 0.6 is 27.5 Å². The number of fused-ring (bicyclic) bond motifs is 4. The Kier molecular flexibility index (Phi) is 4.98.